The van der Waals surface area contributed by atoms with E-state index < -0.39 is 0 Å². The van der Waals surface area contributed by atoms with Gasteiger partial charge < -0.3 is 10.3 Å². The predicted molar refractivity (Wildman–Crippen MR) is 84.4 cm³/mol. The van der Waals surface area contributed by atoms with Crippen LogP contribution in [0.5, 0.6) is 0 Å². The third-order valence-electron chi connectivity index (χ3n) is 3.38. The van der Waals surface area contributed by atoms with Crippen molar-refractivity contribution in [3.8, 4) is 16.9 Å². The molecule has 0 unspecified atom stereocenters. The van der Waals surface area contributed by atoms with Gasteiger partial charge in [-0.05, 0) is 42.3 Å². The van der Waals surface area contributed by atoms with Gasteiger partial charge in [0.05, 0.1) is 0 Å². The molecule has 2 aromatic heterocycles. The standard InChI is InChI=1S/C17H15N3O/c1-12-2-4-14(18)10-16(12)13-3-5-17(19-11-13)20-8-6-15(21)7-9-20/h2-11H,18H2,1H3. The van der Waals surface area contributed by atoms with Crippen molar-refractivity contribution in [1.82, 2.24) is 9.55 Å². The number of aryl methyl sites for hydroxylation is 1. The number of rotatable bonds is 2. The topological polar surface area (TPSA) is 60.9 Å². The van der Waals surface area contributed by atoms with E-state index in [9.17, 15) is 4.79 Å². The smallest absolute Gasteiger partial charge is 0.181 e. The maximum Gasteiger partial charge on any atom is 0.181 e. The average molecular weight is 277 g/mol. The Bertz CT molecular complexity index is 815. The van der Waals surface area contributed by atoms with Crippen molar-refractivity contribution in [1.29, 1.82) is 0 Å². The third-order valence-corrected chi connectivity index (χ3v) is 3.38. The fourth-order valence-electron chi connectivity index (χ4n) is 2.21. The van der Waals surface area contributed by atoms with E-state index >= 15 is 0 Å². The lowest BCUT2D eigenvalue weighted by molar-refractivity contribution is 0.980. The normalized spacial score (nSPS) is 10.5. The molecule has 3 aromatic rings. The molecule has 0 saturated carbocycles. The zero-order valence-electron chi connectivity index (χ0n) is 11.7. The summed E-state index contributed by atoms with van der Waals surface area (Å²) < 4.78 is 1.80. The van der Waals surface area contributed by atoms with Crippen LogP contribution in [-0.2, 0) is 0 Å². The Morgan fingerprint density at radius 2 is 1.81 bits per heavy atom. The quantitative estimate of drug-likeness (QED) is 0.733. The summed E-state index contributed by atoms with van der Waals surface area (Å²) in [7, 11) is 0. The van der Waals surface area contributed by atoms with Crippen LogP contribution in [0.25, 0.3) is 16.9 Å². The number of hydrogen-bond donors (Lipinski definition) is 1. The van der Waals surface area contributed by atoms with E-state index in [4.69, 9.17) is 5.73 Å². The molecule has 2 N–H and O–H groups in total. The Hall–Kier alpha value is -2.88. The summed E-state index contributed by atoms with van der Waals surface area (Å²) in [5.74, 6) is 0.764. The minimum Gasteiger partial charge on any atom is -0.399 e. The number of nitrogens with zero attached hydrogens (tertiary/aromatic N) is 2. The number of anilines is 1. The van der Waals surface area contributed by atoms with Crippen LogP contribution >= 0.6 is 0 Å². The van der Waals surface area contributed by atoms with E-state index in [1.807, 2.05) is 43.5 Å². The monoisotopic (exact) mass is 277 g/mol. The van der Waals surface area contributed by atoms with E-state index in [0.29, 0.717) is 0 Å². The van der Waals surface area contributed by atoms with Crippen LogP contribution in [0.15, 0.2) is 65.8 Å². The number of nitrogen functional groups attached to an aromatic ring is 1. The van der Waals surface area contributed by atoms with Crippen molar-refractivity contribution in [2.24, 2.45) is 0 Å². The van der Waals surface area contributed by atoms with Crippen molar-refractivity contribution in [2.75, 3.05) is 5.73 Å². The highest BCUT2D eigenvalue weighted by atomic mass is 16.1. The Morgan fingerprint density at radius 3 is 2.48 bits per heavy atom. The van der Waals surface area contributed by atoms with Crippen molar-refractivity contribution < 1.29 is 0 Å². The molecule has 3 rings (SSSR count). The van der Waals surface area contributed by atoms with Crippen LogP contribution in [0, 0.1) is 6.92 Å². The summed E-state index contributed by atoms with van der Waals surface area (Å²) in [5, 5.41) is 0. The van der Waals surface area contributed by atoms with Gasteiger partial charge >= 0.3 is 0 Å². The first kappa shape index (κ1) is 13.1. The minimum absolute atomic E-state index is 0.0155. The Kier molecular flexibility index (Phi) is 3.28. The van der Waals surface area contributed by atoms with Gasteiger partial charge in [-0.1, -0.05) is 6.07 Å². The van der Waals surface area contributed by atoms with Gasteiger partial charge in [0.15, 0.2) is 5.43 Å². The van der Waals surface area contributed by atoms with Gasteiger partial charge in [0.1, 0.15) is 5.82 Å². The molecule has 0 aliphatic heterocycles. The second kappa shape index (κ2) is 5.25. The van der Waals surface area contributed by atoms with Crippen molar-refractivity contribution in [3.63, 3.8) is 0 Å². The lowest BCUT2D eigenvalue weighted by Crippen LogP contribution is -2.03. The first-order chi connectivity index (χ1) is 10.1. The first-order valence-corrected chi connectivity index (χ1v) is 6.65. The van der Waals surface area contributed by atoms with E-state index in [2.05, 4.69) is 4.98 Å². The van der Waals surface area contributed by atoms with Crippen LogP contribution in [0.1, 0.15) is 5.56 Å². The number of benzene rings is 1. The molecule has 0 atom stereocenters. The number of hydrogen-bond acceptors (Lipinski definition) is 3. The maximum absolute atomic E-state index is 11.1. The molecule has 0 amide bonds. The lowest BCUT2D eigenvalue weighted by atomic mass is 10.0. The van der Waals surface area contributed by atoms with Crippen molar-refractivity contribution in [2.45, 2.75) is 6.92 Å². The Morgan fingerprint density at radius 1 is 1.05 bits per heavy atom. The van der Waals surface area contributed by atoms with Crippen LogP contribution in [-0.4, -0.2) is 9.55 Å². The third kappa shape index (κ3) is 2.69. The summed E-state index contributed by atoms with van der Waals surface area (Å²) in [4.78, 5) is 15.6. The molecule has 0 radical (unpaired) electrons. The predicted octanol–water partition coefficient (Wildman–Crippen LogP) is 2.79. The minimum atomic E-state index is -0.0155. The van der Waals surface area contributed by atoms with Gasteiger partial charge in [0.25, 0.3) is 0 Å². The zero-order chi connectivity index (χ0) is 14.8. The largest absolute Gasteiger partial charge is 0.399 e. The number of nitrogens with two attached hydrogens (primary N) is 1. The molecule has 0 aliphatic carbocycles. The Labute approximate surface area is 122 Å². The number of aromatic nitrogens is 2. The van der Waals surface area contributed by atoms with E-state index in [1.54, 1.807) is 17.0 Å². The fourth-order valence-corrected chi connectivity index (χ4v) is 2.21. The average Bonchev–Trinajstić information content (AvgIpc) is 2.51. The highest BCUT2D eigenvalue weighted by Crippen LogP contribution is 2.25. The summed E-state index contributed by atoms with van der Waals surface area (Å²) in [5.41, 5.74) is 9.82. The second-order valence-electron chi connectivity index (χ2n) is 4.92. The summed E-state index contributed by atoms with van der Waals surface area (Å²) >= 11 is 0. The molecule has 0 fully saturated rings. The van der Waals surface area contributed by atoms with Crippen LogP contribution < -0.4 is 11.2 Å². The summed E-state index contributed by atoms with van der Waals surface area (Å²) in [6, 6.07) is 12.8. The molecule has 0 aliphatic rings. The van der Waals surface area contributed by atoms with E-state index in [0.717, 1.165) is 28.2 Å². The molecule has 4 heteroatoms. The van der Waals surface area contributed by atoms with Gasteiger partial charge in [-0.2, -0.15) is 0 Å². The molecule has 0 bridgehead atoms. The van der Waals surface area contributed by atoms with Gasteiger partial charge in [-0.25, -0.2) is 4.98 Å². The highest BCUT2D eigenvalue weighted by molar-refractivity contribution is 5.70. The SMILES string of the molecule is Cc1ccc(N)cc1-c1ccc(-n2ccc(=O)cc2)nc1. The number of pyridine rings is 2. The van der Waals surface area contributed by atoms with E-state index in [-0.39, 0.29) is 5.43 Å². The van der Waals surface area contributed by atoms with Gasteiger partial charge in [-0.3, -0.25) is 4.79 Å². The maximum atomic E-state index is 11.1. The molecular formula is C17H15N3O. The Balaban J connectivity index is 1.99. The molecular weight excluding hydrogens is 262 g/mol. The molecule has 104 valence electrons. The summed E-state index contributed by atoms with van der Waals surface area (Å²) in [6.45, 7) is 2.05. The van der Waals surface area contributed by atoms with Crippen LogP contribution in [0.3, 0.4) is 0 Å². The van der Waals surface area contributed by atoms with Crippen molar-refractivity contribution in [3.05, 3.63) is 76.8 Å². The molecule has 21 heavy (non-hydrogen) atoms. The summed E-state index contributed by atoms with van der Waals surface area (Å²) in [6.07, 6.45) is 5.22. The van der Waals surface area contributed by atoms with Gasteiger partial charge in [0, 0.05) is 42.0 Å². The molecule has 0 spiro atoms. The first-order valence-electron chi connectivity index (χ1n) is 6.65. The molecule has 2 heterocycles. The van der Waals surface area contributed by atoms with Gasteiger partial charge in [0.2, 0.25) is 0 Å². The van der Waals surface area contributed by atoms with Crippen LogP contribution in [0.2, 0.25) is 0 Å². The molecule has 4 nitrogen and oxygen atoms in total. The molecule has 1 aromatic carbocycles. The highest BCUT2D eigenvalue weighted by Gasteiger charge is 2.04. The zero-order valence-corrected chi connectivity index (χ0v) is 11.7. The fraction of sp³-hybridized carbons (Fsp3) is 0.0588. The second-order valence-corrected chi connectivity index (χ2v) is 4.92. The lowest BCUT2D eigenvalue weighted by Gasteiger charge is -2.09. The van der Waals surface area contributed by atoms with E-state index in [1.165, 1.54) is 12.1 Å². The molecule has 0 saturated heterocycles. The van der Waals surface area contributed by atoms with Gasteiger partial charge in [-0.15, -0.1) is 0 Å². The van der Waals surface area contributed by atoms with Crippen molar-refractivity contribution >= 4 is 5.69 Å². The van der Waals surface area contributed by atoms with Crippen LogP contribution in [0.4, 0.5) is 5.69 Å².